The molecule has 0 unspecified atom stereocenters. The number of aromatic nitrogens is 2. The Labute approximate surface area is 283 Å². The first-order chi connectivity index (χ1) is 30.1. The lowest BCUT2D eigenvalue weighted by Crippen LogP contribution is -1.93. The van der Waals surface area contributed by atoms with E-state index in [0.29, 0.717) is 5.56 Å². The second-order valence-corrected chi connectivity index (χ2v) is 9.82. The zero-order valence-corrected chi connectivity index (χ0v) is 22.5. The lowest BCUT2D eigenvalue weighted by Gasteiger charge is -2.10. The van der Waals surface area contributed by atoms with Crippen LogP contribution in [0.3, 0.4) is 0 Å². The van der Waals surface area contributed by atoms with Gasteiger partial charge in [-0.15, -0.1) is 0 Å². The Morgan fingerprint density at radius 3 is 1.52 bits per heavy atom. The highest BCUT2D eigenvalue weighted by atomic mass is 15.0. The van der Waals surface area contributed by atoms with E-state index in [1.807, 2.05) is 0 Å². The largest absolute Gasteiger partial charge is 0.309 e. The Balaban J connectivity index is 1.44. The Morgan fingerprint density at radius 1 is 0.341 bits per heavy atom. The maximum Gasteiger partial charge on any atom is 0.0645 e. The smallest absolute Gasteiger partial charge is 0.0645 e. The number of hydrogen-bond donors (Lipinski definition) is 0. The number of para-hydroxylation sites is 3. The molecule has 9 rings (SSSR count). The highest BCUT2D eigenvalue weighted by molar-refractivity contribution is 6.12. The fourth-order valence-corrected chi connectivity index (χ4v) is 5.43. The average Bonchev–Trinajstić information content (AvgIpc) is 3.78. The monoisotopic (exact) mass is 580 g/mol. The summed E-state index contributed by atoms with van der Waals surface area (Å²) in [6, 6.07) is -0.184. The summed E-state index contributed by atoms with van der Waals surface area (Å²) in [5.41, 5.74) is -1.97. The normalized spacial score (nSPS) is 18.0. The minimum Gasteiger partial charge on any atom is -0.309 e. The fraction of sp³-hybridized carbons (Fsp3) is 0. The molecule has 2 nitrogen and oxygen atoms in total. The summed E-state index contributed by atoms with van der Waals surface area (Å²) in [5, 5.41) is -1.27. The molecule has 2 aromatic heterocycles. The molecule has 206 valence electrons. The number of nitrogens with zero attached hydrogens (tertiary/aromatic N) is 2. The third-order valence-corrected chi connectivity index (χ3v) is 7.38. The highest BCUT2D eigenvalue weighted by Crippen LogP contribution is 2.38. The molecule has 0 N–H and O–H groups in total. The molecule has 0 aliphatic heterocycles. The van der Waals surface area contributed by atoms with Crippen LogP contribution in [-0.2, 0) is 0 Å². The van der Waals surface area contributed by atoms with Crippen LogP contribution < -0.4 is 0 Å². The highest BCUT2D eigenvalue weighted by Gasteiger charge is 2.16. The fourth-order valence-electron chi connectivity index (χ4n) is 5.43. The topological polar surface area (TPSA) is 9.86 Å². The maximum absolute atomic E-state index is 9.72. The van der Waals surface area contributed by atoms with Gasteiger partial charge in [0.15, 0.2) is 0 Å². The van der Waals surface area contributed by atoms with Crippen molar-refractivity contribution in [1.82, 2.24) is 9.13 Å². The zero-order chi connectivity index (χ0) is 46.4. The number of fused-ring (bicyclic) bond motifs is 6. The predicted octanol–water partition coefficient (Wildman–Crippen LogP) is 11.2. The van der Waals surface area contributed by atoms with Crippen LogP contribution in [0.2, 0.25) is 0 Å². The summed E-state index contributed by atoms with van der Waals surface area (Å²) in [7, 11) is 0. The van der Waals surface area contributed by atoms with Gasteiger partial charge in [0.1, 0.15) is 0 Å². The van der Waals surface area contributed by atoms with Crippen LogP contribution >= 0.6 is 0 Å². The second-order valence-electron chi connectivity index (χ2n) is 9.82. The van der Waals surface area contributed by atoms with Crippen molar-refractivity contribution < 1.29 is 27.4 Å². The summed E-state index contributed by atoms with van der Waals surface area (Å²) in [6.45, 7) is 0. The van der Waals surface area contributed by atoms with Gasteiger partial charge in [0.25, 0.3) is 0 Å². The van der Waals surface area contributed by atoms with Gasteiger partial charge < -0.3 is 9.13 Å². The van der Waals surface area contributed by atoms with E-state index in [2.05, 4.69) is 0 Å². The van der Waals surface area contributed by atoms with Crippen LogP contribution in [0.1, 0.15) is 27.4 Å². The van der Waals surface area contributed by atoms with Gasteiger partial charge in [-0.25, -0.2) is 0 Å². The standard InChI is InChI=1S/C42H28N2/c1-3-11-29(12-4-1)30-19-23-34(24-20-30)44-40-18-10-8-16-36(40)38-28-32(22-26-42(38)44)31-21-25-41-37(27-31)35-15-7-9-17-39(35)43(41)33-13-5-2-6-14-33/h1-28H/i1D,2D,7D,8D,9D,10D,11D,13D,14D,15D,16D,17D,18D,19D,21D,22D,25D,26D,27D,28D. The van der Waals surface area contributed by atoms with Crippen LogP contribution in [-0.4, -0.2) is 9.13 Å². The Bertz CT molecular complexity index is 3600. The van der Waals surface area contributed by atoms with E-state index >= 15 is 0 Å². The van der Waals surface area contributed by atoms with E-state index in [9.17, 15) is 8.22 Å². The van der Waals surface area contributed by atoms with Crippen molar-refractivity contribution in [3.8, 4) is 33.6 Å². The van der Waals surface area contributed by atoms with E-state index in [1.165, 1.54) is 41.0 Å². The SMILES string of the molecule is [2H]c1ccc(-c2ccc(-n3c4c([2H])c([2H])c([2H])c([2H])c4c4c([2H])c(-c5c([2H])c([2H])c6c(c5[2H])c5c([2H])c([2H])c([2H])c([2H])c5n6-c5c([2H])cc([2H])cc5[2H])c([2H])c([2H])c43)cc2[2H])c([2H])c1. The lowest BCUT2D eigenvalue weighted by molar-refractivity contribution is 1.18. The minimum atomic E-state index is -0.806. The summed E-state index contributed by atoms with van der Waals surface area (Å²) < 4.78 is 180. The van der Waals surface area contributed by atoms with E-state index in [4.69, 9.17) is 19.2 Å². The van der Waals surface area contributed by atoms with E-state index in [0.717, 1.165) is 16.7 Å². The first kappa shape index (κ1) is 12.0. The van der Waals surface area contributed by atoms with Crippen LogP contribution in [0.5, 0.6) is 0 Å². The molecule has 0 fully saturated rings. The third-order valence-electron chi connectivity index (χ3n) is 7.38. The van der Waals surface area contributed by atoms with Crippen molar-refractivity contribution in [3.63, 3.8) is 0 Å². The van der Waals surface area contributed by atoms with E-state index in [1.54, 1.807) is 0 Å². The van der Waals surface area contributed by atoms with Crippen molar-refractivity contribution in [2.75, 3.05) is 0 Å². The van der Waals surface area contributed by atoms with Crippen molar-refractivity contribution >= 4 is 43.6 Å². The van der Waals surface area contributed by atoms with Gasteiger partial charge in [-0.2, -0.15) is 0 Å². The van der Waals surface area contributed by atoms with E-state index < -0.39 is 108 Å². The minimum absolute atomic E-state index is 0.0232. The van der Waals surface area contributed by atoms with Gasteiger partial charge in [-0.05, 0) is 82.7 Å². The van der Waals surface area contributed by atoms with Crippen molar-refractivity contribution in [2.45, 2.75) is 0 Å². The quantitative estimate of drug-likeness (QED) is 0.196. The Hall–Kier alpha value is -5.86. The first-order valence-corrected chi connectivity index (χ1v) is 13.5. The number of hydrogen-bond acceptors (Lipinski definition) is 0. The number of rotatable bonds is 4. The predicted molar refractivity (Wildman–Crippen MR) is 186 cm³/mol. The van der Waals surface area contributed by atoms with Crippen LogP contribution in [0.15, 0.2) is 169 Å². The molecular weight excluding hydrogens is 532 g/mol. The number of benzene rings is 7. The van der Waals surface area contributed by atoms with Crippen LogP contribution in [0.4, 0.5) is 0 Å². The molecule has 0 amide bonds. The molecule has 0 saturated heterocycles. The molecule has 0 aliphatic carbocycles. The molecule has 0 radical (unpaired) electrons. The maximum atomic E-state index is 9.72. The lowest BCUT2D eigenvalue weighted by atomic mass is 10.0. The molecule has 2 heteroatoms. The van der Waals surface area contributed by atoms with Gasteiger partial charge in [0.05, 0.1) is 49.5 Å². The molecule has 2 heterocycles. The van der Waals surface area contributed by atoms with Crippen LogP contribution in [0.25, 0.3) is 77.2 Å². The summed E-state index contributed by atoms with van der Waals surface area (Å²) >= 11 is 0. The van der Waals surface area contributed by atoms with Crippen molar-refractivity contribution in [3.05, 3.63) is 169 Å². The molecule has 9 aromatic rings. The molecular formula is C42H28N2. The average molecular weight is 581 g/mol. The van der Waals surface area contributed by atoms with Gasteiger partial charge in [-0.3, -0.25) is 0 Å². The second kappa shape index (κ2) is 9.86. The van der Waals surface area contributed by atoms with Gasteiger partial charge in [-0.1, -0.05) is 109 Å². The summed E-state index contributed by atoms with van der Waals surface area (Å²) in [4.78, 5) is 0. The molecule has 0 atom stereocenters. The van der Waals surface area contributed by atoms with Gasteiger partial charge in [0, 0.05) is 32.9 Å². The molecule has 0 saturated carbocycles. The molecule has 44 heavy (non-hydrogen) atoms. The van der Waals surface area contributed by atoms with Crippen molar-refractivity contribution in [2.24, 2.45) is 0 Å². The van der Waals surface area contributed by atoms with Gasteiger partial charge >= 0.3 is 0 Å². The molecule has 0 spiro atoms. The summed E-state index contributed by atoms with van der Waals surface area (Å²) in [6.07, 6.45) is 0. The molecule has 0 bridgehead atoms. The zero-order valence-electron chi connectivity index (χ0n) is 42.5. The van der Waals surface area contributed by atoms with Crippen molar-refractivity contribution in [1.29, 1.82) is 0 Å². The first-order valence-electron chi connectivity index (χ1n) is 23.5. The molecule has 0 aliphatic rings. The Kier molecular flexibility index (Phi) is 2.70. The molecule has 7 aromatic carbocycles. The van der Waals surface area contributed by atoms with Crippen LogP contribution in [0, 0.1) is 0 Å². The summed E-state index contributed by atoms with van der Waals surface area (Å²) in [5.74, 6) is 0. The Morgan fingerprint density at radius 2 is 0.886 bits per heavy atom. The van der Waals surface area contributed by atoms with E-state index in [-0.39, 0.29) is 84.7 Å². The third kappa shape index (κ3) is 3.82. The van der Waals surface area contributed by atoms with Gasteiger partial charge in [0.2, 0.25) is 0 Å².